The van der Waals surface area contributed by atoms with Crippen LogP contribution in [-0.2, 0) is 16.1 Å². The third kappa shape index (κ3) is 6.40. The van der Waals surface area contributed by atoms with Crippen molar-refractivity contribution in [2.24, 2.45) is 0 Å². The van der Waals surface area contributed by atoms with Crippen LogP contribution < -0.4 is 5.32 Å². The predicted octanol–water partition coefficient (Wildman–Crippen LogP) is 3.05. The quantitative estimate of drug-likeness (QED) is 0.711. The van der Waals surface area contributed by atoms with Gasteiger partial charge in [0.25, 0.3) is 0 Å². The van der Waals surface area contributed by atoms with Crippen molar-refractivity contribution in [1.82, 2.24) is 5.32 Å². The molecule has 1 aromatic heterocycles. The summed E-state index contributed by atoms with van der Waals surface area (Å²) in [7, 11) is 1.56. The first-order valence-electron chi connectivity index (χ1n) is 6.41. The Bertz CT molecular complexity index is 379. The molecule has 0 aromatic carbocycles. The standard InChI is InChI=1S/C13H20F3NO3/c1-3-17-11(6-7-19-9-13(14,15)16)12-5-4-10(20-12)8-18-2/h4-5,11,17H,3,6-9H2,1-2H3. The second-order valence-corrected chi connectivity index (χ2v) is 4.30. The van der Waals surface area contributed by atoms with Gasteiger partial charge >= 0.3 is 6.18 Å². The van der Waals surface area contributed by atoms with Gasteiger partial charge in [0.15, 0.2) is 0 Å². The van der Waals surface area contributed by atoms with Crippen molar-refractivity contribution in [3.8, 4) is 0 Å². The Morgan fingerprint density at radius 2 is 2.10 bits per heavy atom. The lowest BCUT2D eigenvalue weighted by Gasteiger charge is -2.16. The molecule has 4 nitrogen and oxygen atoms in total. The van der Waals surface area contributed by atoms with Crippen molar-refractivity contribution in [3.63, 3.8) is 0 Å². The largest absolute Gasteiger partial charge is 0.462 e. The number of hydrogen-bond donors (Lipinski definition) is 1. The van der Waals surface area contributed by atoms with Crippen LogP contribution in [0, 0.1) is 0 Å². The van der Waals surface area contributed by atoms with Crippen LogP contribution >= 0.6 is 0 Å². The van der Waals surface area contributed by atoms with Gasteiger partial charge < -0.3 is 19.2 Å². The van der Waals surface area contributed by atoms with Gasteiger partial charge in [-0.2, -0.15) is 13.2 Å². The summed E-state index contributed by atoms with van der Waals surface area (Å²) in [6.45, 7) is 1.76. The minimum Gasteiger partial charge on any atom is -0.462 e. The summed E-state index contributed by atoms with van der Waals surface area (Å²) in [6.07, 6.45) is -3.88. The lowest BCUT2D eigenvalue weighted by Crippen LogP contribution is -2.23. The maximum absolute atomic E-state index is 12.0. The highest BCUT2D eigenvalue weighted by molar-refractivity contribution is 5.10. The molecule has 0 aliphatic rings. The smallest absolute Gasteiger partial charge is 0.411 e. The first-order chi connectivity index (χ1) is 9.46. The Balaban J connectivity index is 2.46. The summed E-state index contributed by atoms with van der Waals surface area (Å²) in [6, 6.07) is 3.42. The monoisotopic (exact) mass is 295 g/mol. The summed E-state index contributed by atoms with van der Waals surface area (Å²) in [4.78, 5) is 0. The number of nitrogens with one attached hydrogen (secondary N) is 1. The van der Waals surface area contributed by atoms with Crippen LogP contribution in [0.1, 0.15) is 30.9 Å². The Hall–Kier alpha value is -1.05. The van der Waals surface area contributed by atoms with Gasteiger partial charge in [-0.05, 0) is 25.1 Å². The minimum atomic E-state index is -4.29. The molecule has 1 heterocycles. The van der Waals surface area contributed by atoms with Gasteiger partial charge in [0.1, 0.15) is 24.7 Å². The molecule has 1 unspecified atom stereocenters. The molecule has 0 amide bonds. The zero-order chi connectivity index (χ0) is 15.0. The van der Waals surface area contributed by atoms with Crippen LogP contribution in [0.2, 0.25) is 0 Å². The maximum Gasteiger partial charge on any atom is 0.411 e. The van der Waals surface area contributed by atoms with Gasteiger partial charge in [0.2, 0.25) is 0 Å². The predicted molar refractivity (Wildman–Crippen MR) is 67.3 cm³/mol. The number of hydrogen-bond acceptors (Lipinski definition) is 4. The molecule has 1 N–H and O–H groups in total. The molecule has 7 heteroatoms. The Morgan fingerprint density at radius 3 is 2.70 bits per heavy atom. The van der Waals surface area contributed by atoms with Crippen molar-refractivity contribution in [2.45, 2.75) is 32.2 Å². The number of halogens is 3. The van der Waals surface area contributed by atoms with E-state index in [1.807, 2.05) is 6.92 Å². The topological polar surface area (TPSA) is 43.6 Å². The van der Waals surface area contributed by atoms with Gasteiger partial charge in [-0.25, -0.2) is 0 Å². The van der Waals surface area contributed by atoms with Crippen LogP contribution in [0.3, 0.4) is 0 Å². The molecule has 1 rings (SSSR count). The lowest BCUT2D eigenvalue weighted by molar-refractivity contribution is -0.174. The number of rotatable bonds is 9. The van der Waals surface area contributed by atoms with Gasteiger partial charge in [0.05, 0.1) is 6.04 Å². The highest BCUT2D eigenvalue weighted by Crippen LogP contribution is 2.21. The second kappa shape index (κ2) is 8.28. The zero-order valence-corrected chi connectivity index (χ0v) is 11.6. The maximum atomic E-state index is 12.0. The molecule has 1 atom stereocenters. The molecular formula is C13H20F3NO3. The summed E-state index contributed by atoms with van der Waals surface area (Å²) >= 11 is 0. The Labute approximate surface area is 116 Å². The molecule has 0 aliphatic carbocycles. The second-order valence-electron chi connectivity index (χ2n) is 4.30. The first kappa shape index (κ1) is 17.0. The van der Waals surface area contributed by atoms with E-state index in [2.05, 4.69) is 10.1 Å². The molecule has 0 aliphatic heterocycles. The molecule has 0 radical (unpaired) electrons. The van der Waals surface area contributed by atoms with Crippen molar-refractivity contribution < 1.29 is 27.1 Å². The van der Waals surface area contributed by atoms with Crippen LogP contribution in [0.4, 0.5) is 13.2 Å². The number of alkyl halides is 3. The van der Waals surface area contributed by atoms with E-state index in [0.717, 1.165) is 0 Å². The number of ether oxygens (including phenoxy) is 2. The average molecular weight is 295 g/mol. The SMILES string of the molecule is CCNC(CCOCC(F)(F)F)c1ccc(COC)o1. The van der Waals surface area contributed by atoms with E-state index < -0.39 is 12.8 Å². The van der Waals surface area contributed by atoms with E-state index in [1.165, 1.54) is 0 Å². The molecule has 116 valence electrons. The molecular weight excluding hydrogens is 275 g/mol. The van der Waals surface area contributed by atoms with Crippen LogP contribution in [0.5, 0.6) is 0 Å². The third-order valence-electron chi connectivity index (χ3n) is 2.58. The Morgan fingerprint density at radius 1 is 1.35 bits per heavy atom. The van der Waals surface area contributed by atoms with Gasteiger partial charge in [-0.3, -0.25) is 0 Å². The summed E-state index contributed by atoms with van der Waals surface area (Å²) in [5.41, 5.74) is 0. The van der Waals surface area contributed by atoms with Gasteiger partial charge in [0, 0.05) is 13.7 Å². The number of furan rings is 1. The van der Waals surface area contributed by atoms with E-state index >= 15 is 0 Å². The van der Waals surface area contributed by atoms with E-state index in [1.54, 1.807) is 19.2 Å². The molecule has 0 spiro atoms. The normalized spacial score (nSPS) is 13.7. The van der Waals surface area contributed by atoms with E-state index in [-0.39, 0.29) is 12.6 Å². The van der Waals surface area contributed by atoms with Gasteiger partial charge in [-0.1, -0.05) is 6.92 Å². The average Bonchev–Trinajstić information content (AvgIpc) is 2.81. The van der Waals surface area contributed by atoms with Crippen LogP contribution in [0.25, 0.3) is 0 Å². The highest BCUT2D eigenvalue weighted by atomic mass is 19.4. The van der Waals surface area contributed by atoms with Crippen LogP contribution in [0.15, 0.2) is 16.5 Å². The van der Waals surface area contributed by atoms with E-state index in [4.69, 9.17) is 9.15 Å². The fraction of sp³-hybridized carbons (Fsp3) is 0.692. The molecule has 1 aromatic rings. The van der Waals surface area contributed by atoms with E-state index in [9.17, 15) is 13.2 Å². The summed E-state index contributed by atoms with van der Waals surface area (Å²) < 4.78 is 51.0. The zero-order valence-electron chi connectivity index (χ0n) is 11.6. The molecule has 0 fully saturated rings. The number of methoxy groups -OCH3 is 1. The molecule has 0 saturated heterocycles. The third-order valence-corrected chi connectivity index (χ3v) is 2.58. The molecule has 0 saturated carbocycles. The summed E-state index contributed by atoms with van der Waals surface area (Å²) in [5.74, 6) is 1.36. The molecule has 0 bridgehead atoms. The Kier molecular flexibility index (Phi) is 7.04. The van der Waals surface area contributed by atoms with Crippen molar-refractivity contribution in [3.05, 3.63) is 23.7 Å². The summed E-state index contributed by atoms with van der Waals surface area (Å²) in [5, 5.41) is 3.16. The first-order valence-corrected chi connectivity index (χ1v) is 6.41. The van der Waals surface area contributed by atoms with Crippen molar-refractivity contribution >= 4 is 0 Å². The lowest BCUT2D eigenvalue weighted by atomic mass is 10.1. The van der Waals surface area contributed by atoms with Gasteiger partial charge in [-0.15, -0.1) is 0 Å². The minimum absolute atomic E-state index is 0.0114. The molecule has 20 heavy (non-hydrogen) atoms. The van der Waals surface area contributed by atoms with Crippen LogP contribution in [-0.4, -0.2) is 33.0 Å². The van der Waals surface area contributed by atoms with Crippen molar-refractivity contribution in [1.29, 1.82) is 0 Å². The van der Waals surface area contributed by atoms with E-state index in [0.29, 0.717) is 31.1 Å². The highest BCUT2D eigenvalue weighted by Gasteiger charge is 2.27. The van der Waals surface area contributed by atoms with Crippen molar-refractivity contribution in [2.75, 3.05) is 26.9 Å². The fourth-order valence-corrected chi connectivity index (χ4v) is 1.78. The fourth-order valence-electron chi connectivity index (χ4n) is 1.78.